The Bertz CT molecular complexity index is 761. The van der Waals surface area contributed by atoms with E-state index in [1.54, 1.807) is 11.3 Å². The topological polar surface area (TPSA) is 42.1 Å². The number of ether oxygens (including phenoxy) is 1. The van der Waals surface area contributed by atoms with Crippen LogP contribution in [0.1, 0.15) is 85.1 Å². The average Bonchev–Trinajstić information content (AvgIpc) is 3.35. The van der Waals surface area contributed by atoms with Crippen molar-refractivity contribution in [2.24, 2.45) is 5.92 Å². The van der Waals surface area contributed by atoms with Crippen molar-refractivity contribution >= 4 is 17.3 Å². The lowest BCUT2D eigenvalue weighted by atomic mass is 9.89. The fraction of sp³-hybridized carbons (Fsp3) is 0.591. The predicted octanol–water partition coefficient (Wildman–Crippen LogP) is 6.44. The molecule has 0 saturated heterocycles. The highest BCUT2D eigenvalue weighted by atomic mass is 32.1. The number of carbonyl (C=O) groups is 1. The highest BCUT2D eigenvalue weighted by molar-refractivity contribution is 7.15. The first-order chi connectivity index (χ1) is 12.6. The molecule has 26 heavy (non-hydrogen) atoms. The average molecular weight is 372 g/mol. The van der Waals surface area contributed by atoms with E-state index in [9.17, 15) is 4.79 Å². The minimum Gasteiger partial charge on any atom is -0.458 e. The van der Waals surface area contributed by atoms with Crippen molar-refractivity contribution in [3.63, 3.8) is 0 Å². The van der Waals surface area contributed by atoms with Crippen LogP contribution in [0.25, 0.3) is 10.6 Å². The largest absolute Gasteiger partial charge is 0.458 e. The molecule has 0 amide bonds. The number of aromatic nitrogens is 1. The molecule has 2 aromatic rings. The smallest absolute Gasteiger partial charge is 0.355 e. The summed E-state index contributed by atoms with van der Waals surface area (Å²) < 4.78 is 5.83. The molecule has 0 radical (unpaired) electrons. The first kappa shape index (κ1) is 17.8. The molecule has 2 aliphatic rings. The highest BCUT2D eigenvalue weighted by Crippen LogP contribution is 2.41. The van der Waals surface area contributed by atoms with E-state index in [0.717, 1.165) is 37.3 Å². The Morgan fingerprint density at radius 2 is 1.85 bits per heavy atom. The maximum absolute atomic E-state index is 12.8. The number of carbonyl (C=O) groups excluding carboxylic acids is 1. The van der Waals surface area contributed by atoms with Crippen LogP contribution in [0.15, 0.2) is 18.2 Å². The number of esters is 1. The van der Waals surface area contributed by atoms with Crippen LogP contribution in [0, 0.1) is 12.8 Å². The van der Waals surface area contributed by atoms with Crippen molar-refractivity contribution in [2.75, 3.05) is 0 Å². The van der Waals surface area contributed by atoms with Gasteiger partial charge in [-0.05, 0) is 81.0 Å². The number of thiophene rings is 1. The van der Waals surface area contributed by atoms with Crippen LogP contribution in [0.5, 0.6) is 0 Å². The molecule has 4 heteroatoms. The third kappa shape index (κ3) is 3.75. The van der Waals surface area contributed by atoms with Gasteiger partial charge in [-0.1, -0.05) is 19.8 Å². The van der Waals surface area contributed by atoms with Crippen LogP contribution in [-0.2, 0) is 4.74 Å². The molecule has 2 aliphatic carbocycles. The van der Waals surface area contributed by atoms with Crippen molar-refractivity contribution in [3.05, 3.63) is 34.3 Å². The van der Waals surface area contributed by atoms with Gasteiger partial charge in [-0.2, -0.15) is 0 Å². The van der Waals surface area contributed by atoms with Gasteiger partial charge in [0.2, 0.25) is 0 Å². The lowest BCUT2D eigenvalue weighted by molar-refractivity contribution is 0.0168. The van der Waals surface area contributed by atoms with Crippen molar-refractivity contribution in [2.45, 2.75) is 77.2 Å². The lowest BCUT2D eigenvalue weighted by Gasteiger charge is -2.25. The highest BCUT2D eigenvalue weighted by Gasteiger charge is 2.27. The van der Waals surface area contributed by atoms with Crippen molar-refractivity contribution in [1.82, 2.24) is 4.98 Å². The zero-order valence-corrected chi connectivity index (χ0v) is 16.7. The van der Waals surface area contributed by atoms with E-state index in [0.29, 0.717) is 11.6 Å². The fourth-order valence-electron chi connectivity index (χ4n) is 4.47. The minimum absolute atomic E-state index is 0.0874. The fourth-order valence-corrected chi connectivity index (χ4v) is 5.36. The molecular weight excluding hydrogens is 342 g/mol. The third-order valence-electron chi connectivity index (χ3n) is 6.09. The van der Waals surface area contributed by atoms with Gasteiger partial charge in [-0.25, -0.2) is 4.79 Å². The third-order valence-corrected chi connectivity index (χ3v) is 7.10. The first-order valence-corrected chi connectivity index (χ1v) is 10.9. The molecule has 140 valence electrons. The number of hydrogen-bond donors (Lipinski definition) is 1. The maximum Gasteiger partial charge on any atom is 0.355 e. The molecule has 2 aromatic heterocycles. The van der Waals surface area contributed by atoms with Crippen LogP contribution >= 0.6 is 11.3 Å². The lowest BCUT2D eigenvalue weighted by Crippen LogP contribution is -2.23. The summed E-state index contributed by atoms with van der Waals surface area (Å²) in [5, 5.41) is 0. The monoisotopic (exact) mass is 371 g/mol. The van der Waals surface area contributed by atoms with E-state index >= 15 is 0 Å². The molecule has 1 N–H and O–H groups in total. The number of aromatic amines is 1. The molecular formula is C22H29NO2S. The molecule has 0 atom stereocenters. The summed E-state index contributed by atoms with van der Waals surface area (Å²) >= 11 is 1.79. The van der Waals surface area contributed by atoms with Crippen LogP contribution in [0.2, 0.25) is 0 Å². The molecule has 0 bridgehead atoms. The second-order valence-electron chi connectivity index (χ2n) is 8.19. The Kier molecular flexibility index (Phi) is 5.21. The zero-order chi connectivity index (χ0) is 18.1. The molecule has 4 rings (SSSR count). The predicted molar refractivity (Wildman–Crippen MR) is 107 cm³/mol. The molecule has 0 unspecified atom stereocenters. The van der Waals surface area contributed by atoms with Gasteiger partial charge in [0.05, 0.1) is 10.6 Å². The number of rotatable bonds is 4. The number of aryl methyl sites for hydroxylation is 1. The first-order valence-electron chi connectivity index (χ1n) is 10.1. The Morgan fingerprint density at radius 1 is 1.12 bits per heavy atom. The summed E-state index contributed by atoms with van der Waals surface area (Å²) in [5.41, 5.74) is 3.08. The summed E-state index contributed by atoms with van der Waals surface area (Å²) in [6.45, 7) is 4.41. The molecule has 2 heterocycles. The molecule has 2 saturated carbocycles. The summed E-state index contributed by atoms with van der Waals surface area (Å²) in [7, 11) is 0. The standard InChI is InChI=1S/C22H29NO2S/c1-14-7-10-17(11-8-14)25-22(24)19-13-18(16-5-3-4-6-16)21(23-19)20-12-9-15(2)26-20/h9,12-14,16-17,23H,3-8,10-11H2,1-2H3. The number of hydrogen-bond acceptors (Lipinski definition) is 3. The summed E-state index contributed by atoms with van der Waals surface area (Å²) in [6, 6.07) is 6.40. The van der Waals surface area contributed by atoms with E-state index in [2.05, 4.69) is 37.0 Å². The van der Waals surface area contributed by atoms with Crippen molar-refractivity contribution < 1.29 is 9.53 Å². The molecule has 0 spiro atoms. The van der Waals surface area contributed by atoms with E-state index in [-0.39, 0.29) is 12.1 Å². The zero-order valence-electron chi connectivity index (χ0n) is 15.8. The van der Waals surface area contributed by atoms with Crippen molar-refractivity contribution in [3.8, 4) is 10.6 Å². The Morgan fingerprint density at radius 3 is 2.50 bits per heavy atom. The second kappa shape index (κ2) is 7.59. The Labute approximate surface area is 160 Å². The SMILES string of the molecule is Cc1ccc(-c2[nH]c(C(=O)OC3CCC(C)CC3)cc2C2CCCC2)s1. The van der Waals surface area contributed by atoms with Crippen LogP contribution < -0.4 is 0 Å². The van der Waals surface area contributed by atoms with Gasteiger partial charge in [0.25, 0.3) is 0 Å². The number of nitrogens with one attached hydrogen (secondary N) is 1. The van der Waals surface area contributed by atoms with Gasteiger partial charge in [0.15, 0.2) is 0 Å². The van der Waals surface area contributed by atoms with Gasteiger partial charge in [-0.15, -0.1) is 11.3 Å². The normalized spacial score (nSPS) is 24.1. The second-order valence-corrected chi connectivity index (χ2v) is 9.48. The Hall–Kier alpha value is -1.55. The Balaban J connectivity index is 1.57. The minimum atomic E-state index is -0.177. The van der Waals surface area contributed by atoms with E-state index in [4.69, 9.17) is 4.74 Å². The summed E-state index contributed by atoms with van der Waals surface area (Å²) in [4.78, 5) is 18.7. The van der Waals surface area contributed by atoms with Gasteiger partial charge >= 0.3 is 5.97 Å². The van der Waals surface area contributed by atoms with Crippen LogP contribution in [-0.4, -0.2) is 17.1 Å². The van der Waals surface area contributed by atoms with E-state index in [1.807, 2.05) is 0 Å². The maximum atomic E-state index is 12.8. The summed E-state index contributed by atoms with van der Waals surface area (Å²) in [6.07, 6.45) is 9.45. The van der Waals surface area contributed by atoms with E-state index < -0.39 is 0 Å². The molecule has 0 aromatic carbocycles. The molecule has 0 aliphatic heterocycles. The summed E-state index contributed by atoms with van der Waals surface area (Å²) in [5.74, 6) is 1.15. The van der Waals surface area contributed by atoms with E-state index in [1.165, 1.54) is 41.0 Å². The van der Waals surface area contributed by atoms with Gasteiger partial charge in [0, 0.05) is 4.88 Å². The van der Waals surface area contributed by atoms with Gasteiger partial charge in [0.1, 0.15) is 11.8 Å². The van der Waals surface area contributed by atoms with Gasteiger partial charge in [-0.3, -0.25) is 0 Å². The van der Waals surface area contributed by atoms with Crippen molar-refractivity contribution in [1.29, 1.82) is 0 Å². The van der Waals surface area contributed by atoms with Crippen LogP contribution in [0.4, 0.5) is 0 Å². The molecule has 3 nitrogen and oxygen atoms in total. The molecule has 2 fully saturated rings. The number of H-pyrrole nitrogens is 1. The van der Waals surface area contributed by atoms with Gasteiger partial charge < -0.3 is 9.72 Å². The quantitative estimate of drug-likeness (QED) is 0.628. The van der Waals surface area contributed by atoms with Crippen LogP contribution in [0.3, 0.4) is 0 Å².